The van der Waals surface area contributed by atoms with Crippen molar-refractivity contribution in [3.63, 3.8) is 0 Å². The van der Waals surface area contributed by atoms with Gasteiger partial charge in [-0.3, -0.25) is 10.1 Å². The van der Waals surface area contributed by atoms with E-state index in [-0.39, 0.29) is 30.2 Å². The topological polar surface area (TPSA) is 125 Å². The summed E-state index contributed by atoms with van der Waals surface area (Å²) in [6, 6.07) is 4.72. The van der Waals surface area contributed by atoms with Crippen molar-refractivity contribution >= 4 is 21.4 Å². The van der Waals surface area contributed by atoms with E-state index in [1.165, 1.54) is 6.07 Å². The quantitative estimate of drug-likeness (QED) is 0.404. The molecule has 0 bridgehead atoms. The molecule has 3 N–H and O–H groups in total. The molecule has 0 heterocycles. The summed E-state index contributed by atoms with van der Waals surface area (Å²) in [7, 11) is -3.52. The molecule has 0 saturated heterocycles. The number of nitro groups is 1. The summed E-state index contributed by atoms with van der Waals surface area (Å²) in [5.41, 5.74) is 0.143. The zero-order valence-electron chi connectivity index (χ0n) is 11.7. The third-order valence-electron chi connectivity index (χ3n) is 2.56. The first kappa shape index (κ1) is 17.2. The predicted octanol–water partition coefficient (Wildman–Crippen LogP) is 1.47. The number of nitrogens with one attached hydrogen (secondary N) is 1. The van der Waals surface area contributed by atoms with Crippen molar-refractivity contribution in [2.45, 2.75) is 19.8 Å². The van der Waals surface area contributed by atoms with Crippen LogP contribution in [0.4, 0.5) is 11.4 Å². The van der Waals surface area contributed by atoms with Crippen molar-refractivity contribution in [3.05, 3.63) is 28.3 Å². The monoisotopic (exact) mass is 317 g/mol. The number of benzene rings is 1. The standard InChI is InChI=1S/C12H19N3O5S/c1-2-8-20-11-6-3-5-10(12(11)15(16)17)14-7-4-9-21(13,18)19/h3,5-6,14H,2,4,7-9H2,1H3,(H2,13,18,19). The van der Waals surface area contributed by atoms with Crippen LogP contribution in [-0.2, 0) is 10.0 Å². The van der Waals surface area contributed by atoms with E-state index in [2.05, 4.69) is 5.32 Å². The third-order valence-corrected chi connectivity index (χ3v) is 3.42. The molecule has 0 saturated carbocycles. The molecule has 1 aromatic rings. The smallest absolute Gasteiger partial charge is 0.333 e. The number of nitrogens with two attached hydrogens (primary N) is 1. The summed E-state index contributed by atoms with van der Waals surface area (Å²) in [5, 5.41) is 18.9. The second kappa shape index (κ2) is 7.79. The molecular formula is C12H19N3O5S. The van der Waals surface area contributed by atoms with Gasteiger partial charge in [-0.2, -0.15) is 0 Å². The van der Waals surface area contributed by atoms with Crippen LogP contribution in [-0.4, -0.2) is 32.2 Å². The average Bonchev–Trinajstić information content (AvgIpc) is 2.40. The molecule has 0 unspecified atom stereocenters. The molecule has 9 heteroatoms. The summed E-state index contributed by atoms with van der Waals surface area (Å²) >= 11 is 0. The van der Waals surface area contributed by atoms with Gasteiger partial charge in [0.05, 0.1) is 17.3 Å². The number of rotatable bonds is 9. The number of hydrogen-bond donors (Lipinski definition) is 2. The number of nitrogens with zero attached hydrogens (tertiary/aromatic N) is 1. The maximum absolute atomic E-state index is 11.2. The van der Waals surface area contributed by atoms with Gasteiger partial charge in [-0.15, -0.1) is 0 Å². The molecule has 0 radical (unpaired) electrons. The van der Waals surface area contributed by atoms with Gasteiger partial charge in [-0.25, -0.2) is 13.6 Å². The van der Waals surface area contributed by atoms with Gasteiger partial charge in [-0.05, 0) is 25.0 Å². The fourth-order valence-electron chi connectivity index (χ4n) is 1.68. The molecule has 1 aromatic carbocycles. The molecule has 0 amide bonds. The van der Waals surface area contributed by atoms with Crippen molar-refractivity contribution in [2.24, 2.45) is 5.14 Å². The first-order chi connectivity index (χ1) is 9.85. The van der Waals surface area contributed by atoms with Gasteiger partial charge in [0, 0.05) is 6.54 Å². The van der Waals surface area contributed by atoms with Crippen molar-refractivity contribution in [3.8, 4) is 5.75 Å². The highest BCUT2D eigenvalue weighted by Gasteiger charge is 2.20. The Hall–Kier alpha value is -1.87. The van der Waals surface area contributed by atoms with Crippen LogP contribution in [0, 0.1) is 10.1 Å². The minimum Gasteiger partial charge on any atom is -0.487 e. The first-order valence-corrected chi connectivity index (χ1v) is 8.21. The minimum absolute atomic E-state index is 0.151. The van der Waals surface area contributed by atoms with Gasteiger partial charge in [-0.1, -0.05) is 13.0 Å². The van der Waals surface area contributed by atoms with Crippen molar-refractivity contribution < 1.29 is 18.1 Å². The Balaban J connectivity index is 2.79. The highest BCUT2D eigenvalue weighted by molar-refractivity contribution is 7.89. The molecular weight excluding hydrogens is 298 g/mol. The van der Waals surface area contributed by atoms with Gasteiger partial charge in [0.15, 0.2) is 5.75 Å². The van der Waals surface area contributed by atoms with Crippen molar-refractivity contribution in [1.29, 1.82) is 0 Å². The second-order valence-electron chi connectivity index (χ2n) is 4.41. The van der Waals surface area contributed by atoms with Crippen LogP contribution in [0.1, 0.15) is 19.8 Å². The summed E-state index contributed by atoms with van der Waals surface area (Å²) in [4.78, 5) is 10.6. The van der Waals surface area contributed by atoms with E-state index in [1.54, 1.807) is 12.1 Å². The van der Waals surface area contributed by atoms with E-state index < -0.39 is 14.9 Å². The van der Waals surface area contributed by atoms with Crippen LogP contribution in [0.2, 0.25) is 0 Å². The summed E-state index contributed by atoms with van der Waals surface area (Å²) in [5.74, 6) is 0.0121. The van der Waals surface area contributed by atoms with Gasteiger partial charge in [0.1, 0.15) is 5.69 Å². The van der Waals surface area contributed by atoms with E-state index >= 15 is 0 Å². The average molecular weight is 317 g/mol. The summed E-state index contributed by atoms with van der Waals surface area (Å²) in [6.07, 6.45) is 0.999. The number of sulfonamides is 1. The Labute approximate surface area is 123 Å². The maximum atomic E-state index is 11.2. The Morgan fingerprint density at radius 3 is 2.71 bits per heavy atom. The van der Waals surface area contributed by atoms with Gasteiger partial charge < -0.3 is 10.1 Å². The van der Waals surface area contributed by atoms with E-state index in [4.69, 9.17) is 9.88 Å². The van der Waals surface area contributed by atoms with Gasteiger partial charge >= 0.3 is 5.69 Å². The predicted molar refractivity (Wildman–Crippen MR) is 80.0 cm³/mol. The highest BCUT2D eigenvalue weighted by atomic mass is 32.2. The Bertz CT molecular complexity index is 589. The molecule has 8 nitrogen and oxygen atoms in total. The normalized spacial score (nSPS) is 11.1. The SMILES string of the molecule is CCCOc1cccc(NCCCS(N)(=O)=O)c1[N+](=O)[O-]. The molecule has 21 heavy (non-hydrogen) atoms. The van der Waals surface area contributed by atoms with E-state index in [0.29, 0.717) is 12.3 Å². The fourth-order valence-corrected chi connectivity index (χ4v) is 2.22. The van der Waals surface area contributed by atoms with Crippen LogP contribution in [0.3, 0.4) is 0 Å². The zero-order valence-corrected chi connectivity index (χ0v) is 12.6. The maximum Gasteiger partial charge on any atom is 0.333 e. The van der Waals surface area contributed by atoms with E-state index in [1.807, 2.05) is 6.92 Å². The van der Waals surface area contributed by atoms with E-state index in [9.17, 15) is 18.5 Å². The lowest BCUT2D eigenvalue weighted by Gasteiger charge is -2.10. The van der Waals surface area contributed by atoms with Crippen molar-refractivity contribution in [2.75, 3.05) is 24.2 Å². The van der Waals surface area contributed by atoms with E-state index in [0.717, 1.165) is 6.42 Å². The molecule has 1 rings (SSSR count). The number of ether oxygens (including phenoxy) is 1. The largest absolute Gasteiger partial charge is 0.487 e. The summed E-state index contributed by atoms with van der Waals surface area (Å²) in [6.45, 7) is 2.55. The van der Waals surface area contributed by atoms with Crippen LogP contribution in [0.25, 0.3) is 0 Å². The molecule has 0 aliphatic rings. The number of hydrogen-bond acceptors (Lipinski definition) is 6. The highest BCUT2D eigenvalue weighted by Crippen LogP contribution is 2.34. The Kier molecular flexibility index (Phi) is 6.38. The number of primary sulfonamides is 1. The number of nitro benzene ring substituents is 1. The lowest BCUT2D eigenvalue weighted by molar-refractivity contribution is -0.385. The Morgan fingerprint density at radius 1 is 1.43 bits per heavy atom. The molecule has 0 aliphatic carbocycles. The number of anilines is 1. The number of para-hydroxylation sites is 1. The third kappa shape index (κ3) is 5.96. The second-order valence-corrected chi connectivity index (χ2v) is 6.14. The van der Waals surface area contributed by atoms with Crippen molar-refractivity contribution in [1.82, 2.24) is 0 Å². The van der Waals surface area contributed by atoms with Crippen LogP contribution in [0.5, 0.6) is 5.75 Å². The van der Waals surface area contributed by atoms with Crippen LogP contribution >= 0.6 is 0 Å². The fraction of sp³-hybridized carbons (Fsp3) is 0.500. The lowest BCUT2D eigenvalue weighted by Crippen LogP contribution is -2.18. The van der Waals surface area contributed by atoms with Crippen LogP contribution < -0.4 is 15.2 Å². The molecule has 0 atom stereocenters. The molecule has 0 spiro atoms. The first-order valence-electron chi connectivity index (χ1n) is 6.49. The van der Waals surface area contributed by atoms with Crippen LogP contribution in [0.15, 0.2) is 18.2 Å². The molecule has 118 valence electrons. The van der Waals surface area contributed by atoms with Gasteiger partial charge in [0.25, 0.3) is 0 Å². The lowest BCUT2D eigenvalue weighted by atomic mass is 10.2. The summed E-state index contributed by atoms with van der Waals surface area (Å²) < 4.78 is 27.0. The molecule has 0 aliphatic heterocycles. The molecule has 0 fully saturated rings. The zero-order chi connectivity index (χ0) is 15.9. The minimum atomic E-state index is -3.52. The Morgan fingerprint density at radius 2 is 2.14 bits per heavy atom. The molecule has 0 aromatic heterocycles. The van der Waals surface area contributed by atoms with Gasteiger partial charge in [0.2, 0.25) is 10.0 Å².